The van der Waals surface area contributed by atoms with Crippen LogP contribution in [0.1, 0.15) is 32.7 Å². The van der Waals surface area contributed by atoms with Crippen LogP contribution in [-0.4, -0.2) is 44.5 Å². The van der Waals surface area contributed by atoms with Crippen molar-refractivity contribution >= 4 is 34.8 Å². The van der Waals surface area contributed by atoms with Crippen LogP contribution in [-0.2, 0) is 15.7 Å². The van der Waals surface area contributed by atoms with Crippen LogP contribution in [0.15, 0.2) is 72.8 Å². The van der Waals surface area contributed by atoms with Crippen molar-refractivity contribution < 1.29 is 32.3 Å². The fraction of sp³-hybridized carbons (Fsp3) is 0.222. The number of benzene rings is 3. The molecule has 3 rings (SSSR count). The topological polar surface area (TPSA) is 109 Å². The summed E-state index contributed by atoms with van der Waals surface area (Å²) in [7, 11) is 1.59. The highest BCUT2D eigenvalue weighted by Gasteiger charge is 2.30. The quantitative estimate of drug-likeness (QED) is 0.268. The number of anilines is 3. The van der Waals surface area contributed by atoms with Gasteiger partial charge in [0.05, 0.1) is 12.1 Å². The van der Waals surface area contributed by atoms with Crippen LogP contribution in [0.4, 0.5) is 30.2 Å². The Bertz CT molecular complexity index is 1260. The van der Waals surface area contributed by atoms with E-state index in [1.807, 2.05) is 0 Å². The molecule has 0 aromatic heterocycles. The molecule has 3 aromatic carbocycles. The zero-order valence-corrected chi connectivity index (χ0v) is 20.5. The molecule has 0 saturated carbocycles. The summed E-state index contributed by atoms with van der Waals surface area (Å²) < 4.78 is 43.7. The van der Waals surface area contributed by atoms with Gasteiger partial charge >= 0.3 is 6.18 Å². The monoisotopic (exact) mass is 528 g/mol. The molecule has 0 aliphatic heterocycles. The Morgan fingerprint density at radius 2 is 1.47 bits per heavy atom. The van der Waals surface area contributed by atoms with E-state index in [0.717, 1.165) is 12.1 Å². The van der Waals surface area contributed by atoms with Crippen LogP contribution in [0.25, 0.3) is 0 Å². The van der Waals surface area contributed by atoms with E-state index in [-0.39, 0.29) is 29.6 Å². The van der Waals surface area contributed by atoms with Gasteiger partial charge in [-0.3, -0.25) is 14.4 Å². The van der Waals surface area contributed by atoms with Gasteiger partial charge in [0.2, 0.25) is 5.91 Å². The number of methoxy groups -OCH3 is 1. The third-order valence-corrected chi connectivity index (χ3v) is 5.27. The summed E-state index contributed by atoms with van der Waals surface area (Å²) in [5, 5.41) is 10.8. The highest BCUT2D eigenvalue weighted by atomic mass is 19.4. The third-order valence-electron chi connectivity index (χ3n) is 5.27. The standard InChI is InChI=1S/C27H27F3N4O4/c1-38-14-4-13-31-25(36)18-9-11-21(12-10-18)32-17-24(35)33-22-7-2-5-19(15-22)26(37)34-23-8-3-6-20(16-23)27(28,29)30/h2-3,5-12,15-16,32H,4,13-14,17H2,1H3,(H,31,36)(H,33,35)(H,34,37). The maximum Gasteiger partial charge on any atom is 0.416 e. The minimum Gasteiger partial charge on any atom is -0.385 e. The van der Waals surface area contributed by atoms with E-state index in [1.54, 1.807) is 43.5 Å². The molecule has 0 radical (unpaired) electrons. The first-order chi connectivity index (χ1) is 18.2. The Morgan fingerprint density at radius 3 is 2.16 bits per heavy atom. The summed E-state index contributed by atoms with van der Waals surface area (Å²) in [6, 6.07) is 17.0. The maximum absolute atomic E-state index is 12.9. The number of ether oxygens (including phenoxy) is 1. The molecular weight excluding hydrogens is 501 g/mol. The first kappa shape index (κ1) is 28.2. The van der Waals surface area contributed by atoms with Crippen molar-refractivity contribution in [2.45, 2.75) is 12.6 Å². The van der Waals surface area contributed by atoms with Crippen LogP contribution >= 0.6 is 0 Å². The molecule has 0 heterocycles. The van der Waals surface area contributed by atoms with Gasteiger partial charge in [0.15, 0.2) is 0 Å². The average molecular weight is 529 g/mol. The van der Waals surface area contributed by atoms with Crippen molar-refractivity contribution in [3.05, 3.63) is 89.5 Å². The zero-order valence-electron chi connectivity index (χ0n) is 20.5. The van der Waals surface area contributed by atoms with E-state index in [2.05, 4.69) is 21.3 Å². The van der Waals surface area contributed by atoms with E-state index >= 15 is 0 Å². The minimum atomic E-state index is -4.53. The highest BCUT2D eigenvalue weighted by Crippen LogP contribution is 2.30. The summed E-state index contributed by atoms with van der Waals surface area (Å²) in [5.74, 6) is -1.22. The van der Waals surface area contributed by atoms with E-state index in [1.165, 1.54) is 24.3 Å². The summed E-state index contributed by atoms with van der Waals surface area (Å²) in [4.78, 5) is 37.0. The van der Waals surface area contributed by atoms with Gasteiger partial charge in [-0.1, -0.05) is 12.1 Å². The second-order valence-electron chi connectivity index (χ2n) is 8.19. The molecule has 0 bridgehead atoms. The summed E-state index contributed by atoms with van der Waals surface area (Å²) >= 11 is 0. The third kappa shape index (κ3) is 8.63. The number of nitrogens with one attached hydrogen (secondary N) is 4. The molecule has 3 aromatic rings. The van der Waals surface area contributed by atoms with Gasteiger partial charge in [0, 0.05) is 48.5 Å². The first-order valence-corrected chi connectivity index (χ1v) is 11.7. The second-order valence-corrected chi connectivity index (χ2v) is 8.19. The summed E-state index contributed by atoms with van der Waals surface area (Å²) in [6.45, 7) is 0.979. The molecule has 0 aliphatic rings. The number of rotatable bonds is 11. The highest BCUT2D eigenvalue weighted by molar-refractivity contribution is 6.05. The Kier molecular flexibility index (Phi) is 9.83. The van der Waals surface area contributed by atoms with Gasteiger partial charge in [-0.2, -0.15) is 13.2 Å². The SMILES string of the molecule is COCCCNC(=O)c1ccc(NCC(=O)Nc2cccc(C(=O)Nc3cccc(C(F)(F)F)c3)c2)cc1. The van der Waals surface area contributed by atoms with Crippen LogP contribution in [0.5, 0.6) is 0 Å². The van der Waals surface area contributed by atoms with E-state index in [4.69, 9.17) is 4.74 Å². The maximum atomic E-state index is 12.9. The molecule has 0 unspecified atom stereocenters. The van der Waals surface area contributed by atoms with Gasteiger partial charge in [0.1, 0.15) is 0 Å². The fourth-order valence-corrected chi connectivity index (χ4v) is 3.36. The molecule has 8 nitrogen and oxygen atoms in total. The van der Waals surface area contributed by atoms with Crippen molar-refractivity contribution in [3.63, 3.8) is 0 Å². The van der Waals surface area contributed by atoms with Crippen molar-refractivity contribution in [1.29, 1.82) is 0 Å². The lowest BCUT2D eigenvalue weighted by molar-refractivity contribution is -0.137. The molecule has 200 valence electrons. The number of alkyl halides is 3. The lowest BCUT2D eigenvalue weighted by Gasteiger charge is -2.11. The largest absolute Gasteiger partial charge is 0.416 e. The van der Waals surface area contributed by atoms with Gasteiger partial charge in [-0.05, 0) is 67.1 Å². The summed E-state index contributed by atoms with van der Waals surface area (Å²) in [5.41, 5.74) is 0.735. The van der Waals surface area contributed by atoms with Crippen molar-refractivity contribution in [2.75, 3.05) is 42.8 Å². The number of hydrogen-bond donors (Lipinski definition) is 4. The number of carbonyl (C=O) groups excluding carboxylic acids is 3. The first-order valence-electron chi connectivity index (χ1n) is 11.7. The Balaban J connectivity index is 1.51. The number of halogens is 3. The Hall–Kier alpha value is -4.38. The van der Waals surface area contributed by atoms with Crippen LogP contribution in [0.3, 0.4) is 0 Å². The molecule has 3 amide bonds. The van der Waals surface area contributed by atoms with Crippen LogP contribution < -0.4 is 21.3 Å². The van der Waals surface area contributed by atoms with Gasteiger partial charge in [0.25, 0.3) is 11.8 Å². The van der Waals surface area contributed by atoms with E-state index in [9.17, 15) is 27.6 Å². The number of carbonyl (C=O) groups is 3. The normalized spacial score (nSPS) is 10.9. The molecular formula is C27H27F3N4O4. The van der Waals surface area contributed by atoms with Crippen LogP contribution in [0, 0.1) is 0 Å². The summed E-state index contributed by atoms with van der Waals surface area (Å²) in [6.07, 6.45) is -3.82. The van der Waals surface area contributed by atoms with Crippen LogP contribution in [0.2, 0.25) is 0 Å². The molecule has 0 spiro atoms. The number of amides is 3. The molecule has 11 heteroatoms. The molecule has 0 aliphatic carbocycles. The second kappa shape index (κ2) is 13.2. The zero-order chi connectivity index (χ0) is 27.5. The molecule has 38 heavy (non-hydrogen) atoms. The van der Waals surface area contributed by atoms with Crippen molar-refractivity contribution in [2.24, 2.45) is 0 Å². The van der Waals surface area contributed by atoms with E-state index in [0.29, 0.717) is 36.5 Å². The molecule has 0 fully saturated rings. The Morgan fingerprint density at radius 1 is 0.789 bits per heavy atom. The van der Waals surface area contributed by atoms with Gasteiger partial charge < -0.3 is 26.0 Å². The van der Waals surface area contributed by atoms with Crippen molar-refractivity contribution in [3.8, 4) is 0 Å². The molecule has 0 saturated heterocycles. The lowest BCUT2D eigenvalue weighted by Crippen LogP contribution is -2.25. The van der Waals surface area contributed by atoms with E-state index < -0.39 is 17.6 Å². The minimum absolute atomic E-state index is 0.00180. The Labute approximate surface area is 217 Å². The van der Waals surface area contributed by atoms with Gasteiger partial charge in [-0.15, -0.1) is 0 Å². The lowest BCUT2D eigenvalue weighted by atomic mass is 10.1. The smallest absolute Gasteiger partial charge is 0.385 e. The molecule has 4 N–H and O–H groups in total. The predicted octanol–water partition coefficient (Wildman–Crippen LogP) is 4.77. The fourth-order valence-electron chi connectivity index (χ4n) is 3.36. The predicted molar refractivity (Wildman–Crippen MR) is 138 cm³/mol. The number of hydrogen-bond acceptors (Lipinski definition) is 5. The van der Waals surface area contributed by atoms with Gasteiger partial charge in [-0.25, -0.2) is 0 Å². The average Bonchev–Trinajstić information content (AvgIpc) is 2.90. The molecule has 0 atom stereocenters. The van der Waals surface area contributed by atoms with Crippen molar-refractivity contribution in [1.82, 2.24) is 5.32 Å².